The van der Waals surface area contributed by atoms with Crippen molar-refractivity contribution >= 4 is 11.6 Å². The maximum atomic E-state index is 5.93. The average Bonchev–Trinajstić information content (AvgIpc) is 3.08. The lowest BCUT2D eigenvalue weighted by Crippen LogP contribution is -2.17. The van der Waals surface area contributed by atoms with Gasteiger partial charge in [-0.3, -0.25) is 0 Å². The SMILES string of the molecule is Cc1ccc(-n2cc(Cl)cn2)c(CNC2CC2)c1. The minimum absolute atomic E-state index is 0.664. The number of aromatic nitrogens is 2. The first-order valence-electron chi connectivity index (χ1n) is 6.26. The van der Waals surface area contributed by atoms with Crippen LogP contribution in [0.2, 0.25) is 5.02 Å². The first-order valence-corrected chi connectivity index (χ1v) is 6.63. The lowest BCUT2D eigenvalue weighted by molar-refractivity contribution is 0.681. The number of rotatable bonds is 4. The number of aryl methyl sites for hydroxylation is 1. The smallest absolute Gasteiger partial charge is 0.0790 e. The Morgan fingerprint density at radius 2 is 2.28 bits per heavy atom. The van der Waals surface area contributed by atoms with Gasteiger partial charge in [-0.05, 0) is 31.4 Å². The molecule has 3 nitrogen and oxygen atoms in total. The Morgan fingerprint density at radius 3 is 2.94 bits per heavy atom. The third-order valence-electron chi connectivity index (χ3n) is 3.19. The van der Waals surface area contributed by atoms with Crippen molar-refractivity contribution in [3.8, 4) is 5.69 Å². The molecular weight excluding hydrogens is 246 g/mol. The van der Waals surface area contributed by atoms with Crippen LogP contribution >= 0.6 is 11.6 Å². The summed E-state index contributed by atoms with van der Waals surface area (Å²) in [5.74, 6) is 0. The van der Waals surface area contributed by atoms with Crippen molar-refractivity contribution in [3.05, 3.63) is 46.7 Å². The predicted octanol–water partition coefficient (Wildman–Crippen LogP) is 3.09. The van der Waals surface area contributed by atoms with E-state index < -0.39 is 0 Å². The summed E-state index contributed by atoms with van der Waals surface area (Å²) in [6.45, 7) is 3.00. The highest BCUT2D eigenvalue weighted by atomic mass is 35.5. The molecule has 0 bridgehead atoms. The van der Waals surface area contributed by atoms with Gasteiger partial charge in [-0.25, -0.2) is 4.68 Å². The summed E-state index contributed by atoms with van der Waals surface area (Å²) < 4.78 is 1.84. The van der Waals surface area contributed by atoms with Crippen LogP contribution in [0.3, 0.4) is 0 Å². The first-order chi connectivity index (χ1) is 8.72. The molecule has 4 heteroatoms. The Labute approximate surface area is 112 Å². The molecule has 1 aromatic carbocycles. The highest BCUT2D eigenvalue weighted by molar-refractivity contribution is 6.30. The van der Waals surface area contributed by atoms with Gasteiger partial charge in [0, 0.05) is 18.8 Å². The van der Waals surface area contributed by atoms with E-state index in [1.54, 1.807) is 6.20 Å². The van der Waals surface area contributed by atoms with Crippen molar-refractivity contribution in [2.45, 2.75) is 32.4 Å². The maximum Gasteiger partial charge on any atom is 0.0790 e. The molecule has 0 saturated heterocycles. The van der Waals surface area contributed by atoms with Crippen LogP contribution in [-0.4, -0.2) is 15.8 Å². The van der Waals surface area contributed by atoms with Crippen molar-refractivity contribution in [2.75, 3.05) is 0 Å². The molecule has 0 radical (unpaired) electrons. The summed E-state index contributed by atoms with van der Waals surface area (Å²) >= 11 is 5.93. The molecule has 1 fully saturated rings. The molecule has 0 unspecified atom stereocenters. The van der Waals surface area contributed by atoms with Crippen LogP contribution in [0.25, 0.3) is 5.69 Å². The highest BCUT2D eigenvalue weighted by Crippen LogP contribution is 2.22. The van der Waals surface area contributed by atoms with Crippen molar-refractivity contribution in [1.82, 2.24) is 15.1 Å². The van der Waals surface area contributed by atoms with Gasteiger partial charge in [-0.1, -0.05) is 29.3 Å². The quantitative estimate of drug-likeness (QED) is 0.917. The molecule has 1 N–H and O–H groups in total. The molecular formula is C14H16ClN3. The van der Waals surface area contributed by atoms with E-state index in [9.17, 15) is 0 Å². The number of hydrogen-bond donors (Lipinski definition) is 1. The largest absolute Gasteiger partial charge is 0.310 e. The lowest BCUT2D eigenvalue weighted by Gasteiger charge is -2.11. The van der Waals surface area contributed by atoms with Crippen LogP contribution in [0.15, 0.2) is 30.6 Å². The van der Waals surface area contributed by atoms with E-state index in [0.717, 1.165) is 12.2 Å². The van der Waals surface area contributed by atoms with Crippen molar-refractivity contribution in [2.24, 2.45) is 0 Å². The van der Waals surface area contributed by atoms with Crippen molar-refractivity contribution in [3.63, 3.8) is 0 Å². The average molecular weight is 262 g/mol. The minimum atomic E-state index is 0.664. The molecule has 0 aliphatic heterocycles. The normalized spacial score (nSPS) is 15.0. The fourth-order valence-corrected chi connectivity index (χ4v) is 2.19. The topological polar surface area (TPSA) is 29.9 Å². The van der Waals surface area contributed by atoms with Gasteiger partial charge in [0.1, 0.15) is 0 Å². The molecule has 1 heterocycles. The zero-order valence-electron chi connectivity index (χ0n) is 10.4. The van der Waals surface area contributed by atoms with Crippen LogP contribution in [0.4, 0.5) is 0 Å². The molecule has 0 spiro atoms. The molecule has 2 aromatic rings. The Bertz CT molecular complexity index is 558. The molecule has 1 aliphatic carbocycles. The Kier molecular flexibility index (Phi) is 3.10. The van der Waals surface area contributed by atoms with Gasteiger partial charge in [0.25, 0.3) is 0 Å². The number of nitrogens with one attached hydrogen (secondary N) is 1. The van der Waals surface area contributed by atoms with E-state index in [1.807, 2.05) is 10.9 Å². The standard InChI is InChI=1S/C14H16ClN3/c1-10-2-5-14(18-9-12(15)8-17-18)11(6-10)7-16-13-3-4-13/h2,5-6,8-9,13,16H,3-4,7H2,1H3. The zero-order valence-corrected chi connectivity index (χ0v) is 11.1. The summed E-state index contributed by atoms with van der Waals surface area (Å²) in [4.78, 5) is 0. The van der Waals surface area contributed by atoms with E-state index in [-0.39, 0.29) is 0 Å². The lowest BCUT2D eigenvalue weighted by atomic mass is 10.1. The summed E-state index contributed by atoms with van der Waals surface area (Å²) in [5, 5.41) is 8.48. The summed E-state index contributed by atoms with van der Waals surface area (Å²) in [5.41, 5.74) is 3.63. The third kappa shape index (κ3) is 2.57. The second kappa shape index (κ2) is 4.75. The molecule has 0 amide bonds. The van der Waals surface area contributed by atoms with Gasteiger partial charge in [0.05, 0.1) is 16.9 Å². The van der Waals surface area contributed by atoms with Crippen molar-refractivity contribution in [1.29, 1.82) is 0 Å². The van der Waals surface area contributed by atoms with E-state index >= 15 is 0 Å². The predicted molar refractivity (Wildman–Crippen MR) is 73.2 cm³/mol. The second-order valence-electron chi connectivity index (χ2n) is 4.89. The molecule has 3 rings (SSSR count). The number of hydrogen-bond acceptors (Lipinski definition) is 2. The molecule has 1 saturated carbocycles. The number of halogens is 1. The number of benzene rings is 1. The van der Waals surface area contributed by atoms with Gasteiger partial charge in [0.15, 0.2) is 0 Å². The highest BCUT2D eigenvalue weighted by Gasteiger charge is 2.20. The molecule has 1 aliphatic rings. The molecule has 1 aromatic heterocycles. The fourth-order valence-electron chi connectivity index (χ4n) is 2.05. The van der Waals surface area contributed by atoms with Crippen LogP contribution in [0.5, 0.6) is 0 Å². The Balaban J connectivity index is 1.91. The minimum Gasteiger partial charge on any atom is -0.310 e. The zero-order chi connectivity index (χ0) is 12.5. The van der Waals surface area contributed by atoms with Gasteiger partial charge < -0.3 is 5.32 Å². The summed E-state index contributed by atoms with van der Waals surface area (Å²) in [6.07, 6.45) is 6.11. The molecule has 0 atom stereocenters. The van der Waals surface area contributed by atoms with Crippen LogP contribution in [-0.2, 0) is 6.54 Å². The van der Waals surface area contributed by atoms with Gasteiger partial charge in [0.2, 0.25) is 0 Å². The number of nitrogens with zero attached hydrogens (tertiary/aromatic N) is 2. The van der Waals surface area contributed by atoms with E-state index in [0.29, 0.717) is 11.1 Å². The third-order valence-corrected chi connectivity index (χ3v) is 3.39. The van der Waals surface area contributed by atoms with Gasteiger partial charge in [-0.15, -0.1) is 0 Å². The molecule has 18 heavy (non-hydrogen) atoms. The van der Waals surface area contributed by atoms with Crippen molar-refractivity contribution < 1.29 is 0 Å². The van der Waals surface area contributed by atoms with Gasteiger partial charge >= 0.3 is 0 Å². The van der Waals surface area contributed by atoms with Crippen LogP contribution in [0, 0.1) is 6.92 Å². The van der Waals surface area contributed by atoms with Gasteiger partial charge in [-0.2, -0.15) is 5.10 Å². The summed E-state index contributed by atoms with van der Waals surface area (Å²) in [7, 11) is 0. The van der Waals surface area contributed by atoms with E-state index in [1.165, 1.54) is 24.0 Å². The Morgan fingerprint density at radius 1 is 1.44 bits per heavy atom. The monoisotopic (exact) mass is 261 g/mol. The van der Waals surface area contributed by atoms with E-state index in [4.69, 9.17) is 11.6 Å². The molecule has 94 valence electrons. The van der Waals surface area contributed by atoms with Crippen LogP contribution in [0.1, 0.15) is 24.0 Å². The fraction of sp³-hybridized carbons (Fsp3) is 0.357. The first kappa shape index (κ1) is 11.8. The van der Waals surface area contributed by atoms with Crippen LogP contribution < -0.4 is 5.32 Å². The maximum absolute atomic E-state index is 5.93. The summed E-state index contributed by atoms with van der Waals surface area (Å²) in [6, 6.07) is 7.12. The van der Waals surface area contributed by atoms with E-state index in [2.05, 4.69) is 35.5 Å². The second-order valence-corrected chi connectivity index (χ2v) is 5.33. The Hall–Kier alpha value is -1.32.